The molecule has 2 aromatic heterocycles. The number of rotatable bonds is 10. The van der Waals surface area contributed by atoms with Gasteiger partial charge in [-0.3, -0.25) is 4.79 Å². The standard InChI is InChI=1S/C31H36ClN7O/c1-39(2)17-6-5-16-33-22-14-12-21(13-15-22)30(40)36-23-8-7-9-24(18-23)37-31-35-20-27(32)29(38-31)26-19-34-28-11-4-3-10-25(26)28/h3-11,18-22,33-34H,12-17H2,1-2H3,(H,36,40)(H,35,37,38)/b6-5+/t21-,22-. The van der Waals surface area contributed by atoms with Crippen molar-refractivity contribution in [2.45, 2.75) is 31.7 Å². The molecule has 0 aliphatic heterocycles. The Morgan fingerprint density at radius 2 is 1.88 bits per heavy atom. The highest BCUT2D eigenvalue weighted by molar-refractivity contribution is 6.33. The van der Waals surface area contributed by atoms with Crippen molar-refractivity contribution in [2.24, 2.45) is 5.92 Å². The lowest BCUT2D eigenvalue weighted by Crippen LogP contribution is -2.36. The number of hydrogen-bond acceptors (Lipinski definition) is 6. The Balaban J connectivity index is 1.17. The maximum absolute atomic E-state index is 13.0. The molecule has 40 heavy (non-hydrogen) atoms. The molecular weight excluding hydrogens is 522 g/mol. The molecule has 208 valence electrons. The van der Waals surface area contributed by atoms with Crippen molar-refractivity contribution < 1.29 is 4.79 Å². The second-order valence-electron chi connectivity index (χ2n) is 10.5. The zero-order valence-corrected chi connectivity index (χ0v) is 23.7. The molecule has 0 saturated heterocycles. The van der Waals surface area contributed by atoms with Gasteiger partial charge in [0.2, 0.25) is 11.9 Å². The predicted octanol–water partition coefficient (Wildman–Crippen LogP) is 6.23. The number of para-hydroxylation sites is 1. The lowest BCUT2D eigenvalue weighted by molar-refractivity contribution is -0.120. The zero-order valence-electron chi connectivity index (χ0n) is 23.0. The Bertz CT molecular complexity index is 1470. The van der Waals surface area contributed by atoms with Gasteiger partial charge in [0.15, 0.2) is 0 Å². The van der Waals surface area contributed by atoms with Gasteiger partial charge in [0.25, 0.3) is 0 Å². The lowest BCUT2D eigenvalue weighted by atomic mass is 9.85. The molecule has 0 unspecified atom stereocenters. The van der Waals surface area contributed by atoms with Crippen LogP contribution in [0.2, 0.25) is 5.02 Å². The maximum Gasteiger partial charge on any atom is 0.227 e. The van der Waals surface area contributed by atoms with Gasteiger partial charge in [0.05, 0.1) is 16.9 Å². The number of aromatic nitrogens is 3. The fourth-order valence-corrected chi connectivity index (χ4v) is 5.29. The van der Waals surface area contributed by atoms with E-state index in [0.29, 0.717) is 22.7 Å². The Morgan fingerprint density at radius 3 is 2.70 bits per heavy atom. The highest BCUT2D eigenvalue weighted by Gasteiger charge is 2.26. The summed E-state index contributed by atoms with van der Waals surface area (Å²) in [5.74, 6) is 0.527. The first-order valence-corrected chi connectivity index (χ1v) is 14.1. The lowest BCUT2D eigenvalue weighted by Gasteiger charge is -2.28. The minimum Gasteiger partial charge on any atom is -0.360 e. The molecule has 0 spiro atoms. The minimum absolute atomic E-state index is 0.0253. The second kappa shape index (κ2) is 13.1. The van der Waals surface area contributed by atoms with Crippen LogP contribution >= 0.6 is 11.6 Å². The van der Waals surface area contributed by atoms with Crippen molar-refractivity contribution in [3.05, 3.63) is 78.1 Å². The third kappa shape index (κ3) is 7.07. The van der Waals surface area contributed by atoms with E-state index in [0.717, 1.165) is 66.6 Å². The first kappa shape index (κ1) is 27.8. The number of hydrogen-bond donors (Lipinski definition) is 4. The molecule has 1 aliphatic rings. The Hall–Kier alpha value is -3.72. The number of anilines is 3. The summed E-state index contributed by atoms with van der Waals surface area (Å²) in [7, 11) is 4.12. The van der Waals surface area contributed by atoms with Crippen molar-refractivity contribution in [1.82, 2.24) is 25.2 Å². The summed E-state index contributed by atoms with van der Waals surface area (Å²) in [5.41, 5.74) is 4.10. The molecule has 1 aliphatic carbocycles. The molecule has 9 heteroatoms. The van der Waals surface area contributed by atoms with Gasteiger partial charge in [-0.1, -0.05) is 48.0 Å². The van der Waals surface area contributed by atoms with Gasteiger partial charge in [-0.05, 0) is 64.0 Å². The molecular formula is C31H36ClN7O. The van der Waals surface area contributed by atoms with Gasteiger partial charge in [-0.2, -0.15) is 0 Å². The van der Waals surface area contributed by atoms with E-state index < -0.39 is 0 Å². The molecule has 0 bridgehead atoms. The van der Waals surface area contributed by atoms with Crippen LogP contribution in [0.4, 0.5) is 17.3 Å². The van der Waals surface area contributed by atoms with E-state index >= 15 is 0 Å². The minimum atomic E-state index is 0.0253. The normalized spacial score (nSPS) is 17.5. The van der Waals surface area contributed by atoms with Crippen molar-refractivity contribution in [1.29, 1.82) is 0 Å². The van der Waals surface area contributed by atoms with E-state index in [1.54, 1.807) is 6.20 Å². The number of carbonyl (C=O) groups is 1. The highest BCUT2D eigenvalue weighted by Crippen LogP contribution is 2.33. The van der Waals surface area contributed by atoms with Gasteiger partial charge in [-0.15, -0.1) is 0 Å². The molecule has 4 aromatic rings. The third-order valence-electron chi connectivity index (χ3n) is 7.23. The first-order valence-electron chi connectivity index (χ1n) is 13.8. The number of H-pyrrole nitrogens is 1. The number of fused-ring (bicyclic) bond motifs is 1. The van der Waals surface area contributed by atoms with Crippen LogP contribution in [0.15, 0.2) is 73.1 Å². The number of carbonyl (C=O) groups excluding carboxylic acids is 1. The zero-order chi connectivity index (χ0) is 27.9. The summed E-state index contributed by atoms with van der Waals surface area (Å²) in [5, 5.41) is 11.5. The van der Waals surface area contributed by atoms with Crippen LogP contribution in [0.1, 0.15) is 25.7 Å². The summed E-state index contributed by atoms with van der Waals surface area (Å²) < 4.78 is 0. The third-order valence-corrected chi connectivity index (χ3v) is 7.51. The number of likely N-dealkylation sites (N-methyl/N-ethyl adjacent to an activating group) is 1. The van der Waals surface area contributed by atoms with Crippen LogP contribution in [-0.4, -0.2) is 59.0 Å². The largest absolute Gasteiger partial charge is 0.360 e. The Morgan fingerprint density at radius 1 is 1.07 bits per heavy atom. The molecule has 2 aromatic carbocycles. The summed E-state index contributed by atoms with van der Waals surface area (Å²) in [6.07, 6.45) is 11.7. The fraction of sp³-hybridized carbons (Fsp3) is 0.323. The van der Waals surface area contributed by atoms with Gasteiger partial charge >= 0.3 is 0 Å². The number of nitrogens with one attached hydrogen (secondary N) is 4. The monoisotopic (exact) mass is 557 g/mol. The van der Waals surface area contributed by atoms with Crippen LogP contribution in [0, 0.1) is 5.92 Å². The van der Waals surface area contributed by atoms with Gasteiger partial charge in [0.1, 0.15) is 0 Å². The smallest absolute Gasteiger partial charge is 0.227 e. The van der Waals surface area contributed by atoms with Gasteiger partial charge < -0.3 is 25.8 Å². The van der Waals surface area contributed by atoms with Crippen molar-refractivity contribution in [2.75, 3.05) is 37.8 Å². The average molecular weight is 558 g/mol. The number of aromatic amines is 1. The predicted molar refractivity (Wildman–Crippen MR) is 164 cm³/mol. The maximum atomic E-state index is 13.0. The van der Waals surface area contributed by atoms with Gasteiger partial charge in [0, 0.05) is 59.1 Å². The molecule has 8 nitrogen and oxygen atoms in total. The quantitative estimate of drug-likeness (QED) is 0.173. The second-order valence-corrected chi connectivity index (χ2v) is 10.9. The van der Waals surface area contributed by atoms with E-state index in [1.165, 1.54) is 0 Å². The molecule has 1 saturated carbocycles. The van der Waals surface area contributed by atoms with E-state index in [2.05, 4.69) is 57.1 Å². The van der Waals surface area contributed by atoms with E-state index in [4.69, 9.17) is 16.6 Å². The van der Waals surface area contributed by atoms with E-state index in [-0.39, 0.29) is 11.8 Å². The number of halogens is 1. The molecule has 2 heterocycles. The first-order chi connectivity index (χ1) is 19.5. The number of benzene rings is 2. The Kier molecular flexibility index (Phi) is 9.11. The van der Waals surface area contributed by atoms with Crippen LogP contribution in [-0.2, 0) is 4.79 Å². The summed E-state index contributed by atoms with van der Waals surface area (Å²) >= 11 is 6.48. The molecule has 4 N–H and O–H groups in total. The van der Waals surface area contributed by atoms with Crippen molar-refractivity contribution in [3.8, 4) is 11.3 Å². The SMILES string of the molecule is CN(C)C/C=C/CN[C@H]1CC[C@H](C(=O)Nc2cccc(Nc3ncc(Cl)c(-c4c[nH]c5ccccc45)n3)c2)CC1. The Labute approximate surface area is 240 Å². The molecule has 1 fully saturated rings. The van der Waals surface area contributed by atoms with E-state index in [1.807, 2.05) is 54.7 Å². The summed E-state index contributed by atoms with van der Waals surface area (Å²) in [4.78, 5) is 27.5. The van der Waals surface area contributed by atoms with Crippen LogP contribution in [0.5, 0.6) is 0 Å². The molecule has 0 radical (unpaired) electrons. The fourth-order valence-electron chi connectivity index (χ4n) is 5.09. The summed E-state index contributed by atoms with van der Waals surface area (Å²) in [6.45, 7) is 1.82. The molecule has 0 atom stereocenters. The highest BCUT2D eigenvalue weighted by atomic mass is 35.5. The average Bonchev–Trinajstić information content (AvgIpc) is 3.38. The van der Waals surface area contributed by atoms with E-state index in [9.17, 15) is 4.79 Å². The van der Waals surface area contributed by atoms with Gasteiger partial charge in [-0.25, -0.2) is 9.97 Å². The van der Waals surface area contributed by atoms with Crippen LogP contribution < -0.4 is 16.0 Å². The van der Waals surface area contributed by atoms with Crippen molar-refractivity contribution in [3.63, 3.8) is 0 Å². The number of amides is 1. The summed E-state index contributed by atoms with van der Waals surface area (Å²) in [6, 6.07) is 16.1. The van der Waals surface area contributed by atoms with Crippen molar-refractivity contribution >= 4 is 45.7 Å². The molecule has 5 rings (SSSR count). The number of nitrogens with zero attached hydrogens (tertiary/aromatic N) is 3. The molecule has 1 amide bonds. The van der Waals surface area contributed by atoms with Crippen LogP contribution in [0.3, 0.4) is 0 Å². The van der Waals surface area contributed by atoms with Crippen LogP contribution in [0.25, 0.3) is 22.2 Å². The topological polar surface area (TPSA) is 98.0 Å².